The molecular weight excluding hydrogens is 450 g/mol. The van der Waals surface area contributed by atoms with E-state index in [4.69, 9.17) is 15.2 Å². The number of sulfonamides is 1. The van der Waals surface area contributed by atoms with Gasteiger partial charge in [0, 0.05) is 19.0 Å². The molecule has 33 heavy (non-hydrogen) atoms. The second-order valence-corrected chi connectivity index (χ2v) is 8.74. The average molecular weight is 480 g/mol. The van der Waals surface area contributed by atoms with Crippen LogP contribution < -0.4 is 25.2 Å². The molecule has 180 valence electrons. The summed E-state index contributed by atoms with van der Waals surface area (Å²) < 4.78 is 42.7. The van der Waals surface area contributed by atoms with Crippen LogP contribution in [0.5, 0.6) is 11.5 Å². The van der Waals surface area contributed by atoms with Crippen molar-refractivity contribution in [2.24, 2.45) is 0 Å². The van der Waals surface area contributed by atoms with Crippen LogP contribution in [-0.4, -0.2) is 47.7 Å². The zero-order valence-electron chi connectivity index (χ0n) is 18.6. The van der Waals surface area contributed by atoms with E-state index in [2.05, 4.69) is 14.8 Å². The number of rotatable bonds is 13. The van der Waals surface area contributed by atoms with Gasteiger partial charge in [-0.05, 0) is 49.2 Å². The Morgan fingerprint density at radius 2 is 1.67 bits per heavy atom. The third-order valence-corrected chi connectivity index (χ3v) is 6.00. The standard InChI is InChI=1S/C22H29N3O7S/c1-30-17-9-12-20(19(23)14-17)25-33(28,29)18-10-7-16(8-11-18)32-15-21(26)24-13-5-3-4-6-22(27)31-2/h7-12,14,25H,3-6,13,15,23H2,1-2H3,(H,24,26). The van der Waals surface area contributed by atoms with Crippen LogP contribution in [0.25, 0.3) is 0 Å². The molecule has 0 aliphatic rings. The molecule has 0 radical (unpaired) electrons. The van der Waals surface area contributed by atoms with Crippen LogP contribution in [0.4, 0.5) is 11.4 Å². The molecule has 10 nitrogen and oxygen atoms in total. The van der Waals surface area contributed by atoms with Gasteiger partial charge in [0.15, 0.2) is 6.61 Å². The van der Waals surface area contributed by atoms with Gasteiger partial charge in [0.25, 0.3) is 15.9 Å². The summed E-state index contributed by atoms with van der Waals surface area (Å²) in [6, 6.07) is 10.3. The topological polar surface area (TPSA) is 146 Å². The van der Waals surface area contributed by atoms with E-state index < -0.39 is 10.0 Å². The lowest BCUT2D eigenvalue weighted by atomic mass is 10.2. The Morgan fingerprint density at radius 1 is 0.970 bits per heavy atom. The highest BCUT2D eigenvalue weighted by Crippen LogP contribution is 2.27. The Bertz CT molecular complexity index is 1040. The van der Waals surface area contributed by atoms with E-state index in [1.54, 1.807) is 6.07 Å². The highest BCUT2D eigenvalue weighted by Gasteiger charge is 2.16. The third kappa shape index (κ3) is 8.53. The van der Waals surface area contributed by atoms with Crippen molar-refractivity contribution in [2.75, 3.05) is 37.8 Å². The van der Waals surface area contributed by atoms with Gasteiger partial charge in [-0.1, -0.05) is 6.42 Å². The van der Waals surface area contributed by atoms with E-state index in [-0.39, 0.29) is 34.8 Å². The van der Waals surface area contributed by atoms with E-state index in [9.17, 15) is 18.0 Å². The molecule has 0 saturated carbocycles. The molecule has 0 fully saturated rings. The fraction of sp³-hybridized carbons (Fsp3) is 0.364. The summed E-state index contributed by atoms with van der Waals surface area (Å²) >= 11 is 0. The number of benzene rings is 2. The summed E-state index contributed by atoms with van der Waals surface area (Å²) in [5, 5.41) is 2.72. The van der Waals surface area contributed by atoms with Gasteiger partial charge < -0.3 is 25.3 Å². The van der Waals surface area contributed by atoms with Crippen molar-refractivity contribution in [3.05, 3.63) is 42.5 Å². The number of unbranched alkanes of at least 4 members (excludes halogenated alkanes) is 2. The number of ether oxygens (including phenoxy) is 3. The van der Waals surface area contributed by atoms with E-state index in [1.807, 2.05) is 0 Å². The lowest BCUT2D eigenvalue weighted by Crippen LogP contribution is -2.29. The molecule has 0 aromatic heterocycles. The summed E-state index contributed by atoms with van der Waals surface area (Å²) in [5.41, 5.74) is 6.33. The van der Waals surface area contributed by atoms with Crippen LogP contribution in [0.15, 0.2) is 47.4 Å². The first-order chi connectivity index (χ1) is 15.7. The normalized spacial score (nSPS) is 10.8. The molecule has 11 heteroatoms. The van der Waals surface area contributed by atoms with Crippen LogP contribution in [0.1, 0.15) is 25.7 Å². The molecule has 0 spiro atoms. The molecule has 0 saturated heterocycles. The van der Waals surface area contributed by atoms with Gasteiger partial charge in [-0.15, -0.1) is 0 Å². The van der Waals surface area contributed by atoms with Crippen molar-refractivity contribution in [1.29, 1.82) is 0 Å². The highest BCUT2D eigenvalue weighted by atomic mass is 32.2. The number of nitrogen functional groups attached to an aromatic ring is 1. The molecule has 0 aliphatic heterocycles. The lowest BCUT2D eigenvalue weighted by Gasteiger charge is -2.12. The van der Waals surface area contributed by atoms with Gasteiger partial charge in [0.2, 0.25) is 0 Å². The number of amides is 1. The summed E-state index contributed by atoms with van der Waals surface area (Å²) in [4.78, 5) is 22.9. The fourth-order valence-corrected chi connectivity index (χ4v) is 3.87. The van der Waals surface area contributed by atoms with E-state index in [1.165, 1.54) is 50.6 Å². The zero-order valence-corrected chi connectivity index (χ0v) is 19.4. The molecule has 2 aromatic rings. The minimum absolute atomic E-state index is 0.0153. The van der Waals surface area contributed by atoms with Crippen molar-refractivity contribution in [1.82, 2.24) is 5.32 Å². The summed E-state index contributed by atoms with van der Waals surface area (Å²) in [7, 11) is -1.03. The number of hydrogen-bond donors (Lipinski definition) is 3. The van der Waals surface area contributed by atoms with Gasteiger partial charge in [0.1, 0.15) is 11.5 Å². The van der Waals surface area contributed by atoms with Crippen molar-refractivity contribution in [3.63, 3.8) is 0 Å². The molecule has 0 bridgehead atoms. The minimum Gasteiger partial charge on any atom is -0.497 e. The van der Waals surface area contributed by atoms with E-state index >= 15 is 0 Å². The van der Waals surface area contributed by atoms with Gasteiger partial charge in [-0.2, -0.15) is 0 Å². The maximum absolute atomic E-state index is 12.6. The number of methoxy groups -OCH3 is 2. The van der Waals surface area contributed by atoms with E-state index in [0.717, 1.165) is 12.8 Å². The quantitative estimate of drug-likeness (QED) is 0.225. The molecule has 0 heterocycles. The Morgan fingerprint density at radius 3 is 2.30 bits per heavy atom. The summed E-state index contributed by atoms with van der Waals surface area (Å²) in [6.45, 7) is 0.273. The van der Waals surface area contributed by atoms with Crippen molar-refractivity contribution in [2.45, 2.75) is 30.6 Å². The molecular formula is C22H29N3O7S. The average Bonchev–Trinajstić information content (AvgIpc) is 2.81. The first-order valence-electron chi connectivity index (χ1n) is 10.3. The summed E-state index contributed by atoms with van der Waals surface area (Å²) in [6.07, 6.45) is 2.60. The maximum Gasteiger partial charge on any atom is 0.305 e. The number of esters is 1. The van der Waals surface area contributed by atoms with Gasteiger partial charge in [-0.25, -0.2) is 8.42 Å². The second kappa shape index (κ2) is 12.5. The Labute approximate surface area is 193 Å². The number of anilines is 2. The fourth-order valence-electron chi connectivity index (χ4n) is 2.78. The Hall–Kier alpha value is -3.47. The molecule has 0 aliphatic carbocycles. The number of nitrogens with one attached hydrogen (secondary N) is 2. The molecule has 2 rings (SSSR count). The van der Waals surface area contributed by atoms with Crippen molar-refractivity contribution < 1.29 is 32.2 Å². The van der Waals surface area contributed by atoms with Crippen LogP contribution in [-0.2, 0) is 24.3 Å². The molecule has 2 aromatic carbocycles. The lowest BCUT2D eigenvalue weighted by molar-refractivity contribution is -0.140. The third-order valence-electron chi connectivity index (χ3n) is 4.61. The smallest absolute Gasteiger partial charge is 0.305 e. The monoisotopic (exact) mass is 479 g/mol. The van der Waals surface area contributed by atoms with Crippen LogP contribution in [0.3, 0.4) is 0 Å². The molecule has 0 atom stereocenters. The predicted molar refractivity (Wildman–Crippen MR) is 124 cm³/mol. The number of nitrogens with two attached hydrogens (primary N) is 1. The van der Waals surface area contributed by atoms with Gasteiger partial charge >= 0.3 is 5.97 Å². The SMILES string of the molecule is COC(=O)CCCCCNC(=O)COc1ccc(S(=O)(=O)Nc2ccc(OC)cc2N)cc1. The second-order valence-electron chi connectivity index (χ2n) is 7.06. The maximum atomic E-state index is 12.6. The van der Waals surface area contributed by atoms with E-state index in [0.29, 0.717) is 30.9 Å². The van der Waals surface area contributed by atoms with Crippen molar-refractivity contribution >= 4 is 33.3 Å². The van der Waals surface area contributed by atoms with Crippen LogP contribution in [0, 0.1) is 0 Å². The zero-order chi connectivity index (χ0) is 24.3. The molecule has 0 unspecified atom stereocenters. The largest absolute Gasteiger partial charge is 0.497 e. The first-order valence-corrected chi connectivity index (χ1v) is 11.8. The van der Waals surface area contributed by atoms with Crippen LogP contribution >= 0.6 is 0 Å². The van der Waals surface area contributed by atoms with Gasteiger partial charge in [-0.3, -0.25) is 14.3 Å². The van der Waals surface area contributed by atoms with Crippen LogP contribution in [0.2, 0.25) is 0 Å². The molecule has 1 amide bonds. The number of hydrogen-bond acceptors (Lipinski definition) is 8. The first kappa shape index (κ1) is 25.8. The number of carbonyl (C=O) groups is 2. The number of carbonyl (C=O) groups excluding carboxylic acids is 2. The molecule has 4 N–H and O–H groups in total. The Kier molecular flexibility index (Phi) is 9.80. The summed E-state index contributed by atoms with van der Waals surface area (Å²) in [5.74, 6) is 0.328. The highest BCUT2D eigenvalue weighted by molar-refractivity contribution is 7.92. The Balaban J connectivity index is 1.78. The van der Waals surface area contributed by atoms with Gasteiger partial charge in [0.05, 0.1) is 30.5 Å². The van der Waals surface area contributed by atoms with Crippen molar-refractivity contribution in [3.8, 4) is 11.5 Å². The predicted octanol–water partition coefficient (Wildman–Crippen LogP) is 2.31. The minimum atomic E-state index is -3.86.